The topological polar surface area (TPSA) is 166 Å². The van der Waals surface area contributed by atoms with Gasteiger partial charge in [-0.1, -0.05) is 24.3 Å². The molecule has 0 aliphatic rings. The number of hydrogen-bond donors (Lipinski definition) is 2. The van der Waals surface area contributed by atoms with Crippen molar-refractivity contribution < 1.29 is 19.4 Å². The Kier molecular flexibility index (Phi) is 10.3. The molecule has 0 saturated carbocycles. The summed E-state index contributed by atoms with van der Waals surface area (Å²) in [6, 6.07) is 12.4. The third-order valence-corrected chi connectivity index (χ3v) is 8.77. The highest BCUT2D eigenvalue weighted by Gasteiger charge is 2.23. The van der Waals surface area contributed by atoms with E-state index in [4.69, 9.17) is 4.74 Å². The predicted octanol–water partition coefficient (Wildman–Crippen LogP) is 4.30. The van der Waals surface area contributed by atoms with E-state index >= 15 is 0 Å². The first-order valence-corrected chi connectivity index (χ1v) is 16.3. The maximum Gasteiger partial charge on any atom is 0.407 e. The van der Waals surface area contributed by atoms with Crippen LogP contribution in [-0.4, -0.2) is 74.7 Å². The Morgan fingerprint density at radius 1 is 0.915 bits per heavy atom. The lowest BCUT2D eigenvalue weighted by molar-refractivity contribution is -0.147. The summed E-state index contributed by atoms with van der Waals surface area (Å²) in [6.07, 6.45) is 9.71. The molecule has 47 heavy (non-hydrogen) atoms. The Labute approximate surface area is 277 Å². The zero-order chi connectivity index (χ0) is 32.4. The van der Waals surface area contributed by atoms with Crippen LogP contribution in [0.4, 0.5) is 4.79 Å². The van der Waals surface area contributed by atoms with Gasteiger partial charge in [0.1, 0.15) is 38.0 Å². The van der Waals surface area contributed by atoms with Crippen molar-refractivity contribution in [3.8, 4) is 11.4 Å². The van der Waals surface area contributed by atoms with Crippen molar-refractivity contribution in [3.63, 3.8) is 0 Å². The van der Waals surface area contributed by atoms with Gasteiger partial charge in [-0.05, 0) is 47.9 Å². The molecule has 0 fully saturated rings. The molecule has 2 aromatic carbocycles. The van der Waals surface area contributed by atoms with E-state index in [1.54, 1.807) is 50.6 Å². The number of benzene rings is 2. The fourth-order valence-electron chi connectivity index (χ4n) is 4.97. The Morgan fingerprint density at radius 2 is 1.64 bits per heavy atom. The maximum absolute atomic E-state index is 13.2. The number of amides is 1. The first-order chi connectivity index (χ1) is 23.0. The minimum Gasteiger partial charge on any atom is -0.465 e. The molecule has 4 heterocycles. The molecule has 0 bridgehead atoms. The van der Waals surface area contributed by atoms with E-state index in [9.17, 15) is 14.7 Å². The molecular weight excluding hydrogens is 641 g/mol. The summed E-state index contributed by atoms with van der Waals surface area (Å²) in [5.74, 6) is -0.442. The van der Waals surface area contributed by atoms with Crippen LogP contribution in [-0.2, 0) is 29.1 Å². The molecule has 0 aliphatic carbocycles. The van der Waals surface area contributed by atoms with Crippen molar-refractivity contribution in [3.05, 3.63) is 118 Å². The standard InChI is InChI=1S/C31H30N10O4S2/c42-30(45-15-27-13-33-21-47-27)29(23-3-5-25(6-4-23)40-18-34-16-37-40)36-8-1-9-39(31(43)44)14-22-2-7-28(41-19-35-17-38-41)24(10-22)11-26-12-32-20-46-26/h2-7,10,12-13,16-21,29,36H,1,8-9,11,14-15H2,(H,43,44). The summed E-state index contributed by atoms with van der Waals surface area (Å²) in [5, 5.41) is 21.7. The van der Waals surface area contributed by atoms with Gasteiger partial charge in [-0.25, -0.2) is 28.9 Å². The largest absolute Gasteiger partial charge is 0.465 e. The monoisotopic (exact) mass is 670 g/mol. The highest BCUT2D eigenvalue weighted by molar-refractivity contribution is 7.09. The Morgan fingerprint density at radius 3 is 2.30 bits per heavy atom. The van der Waals surface area contributed by atoms with Gasteiger partial charge in [0.05, 0.1) is 27.3 Å². The minimum absolute atomic E-state index is 0.117. The van der Waals surface area contributed by atoms with Crippen LogP contribution in [0.2, 0.25) is 0 Å². The van der Waals surface area contributed by atoms with Crippen LogP contribution in [0.15, 0.2) is 91.2 Å². The molecule has 6 aromatic rings. The number of hydrogen-bond acceptors (Lipinski definition) is 12. The molecule has 1 unspecified atom stereocenters. The van der Waals surface area contributed by atoms with Gasteiger partial charge in [0.15, 0.2) is 0 Å². The molecule has 4 aromatic heterocycles. The molecule has 0 saturated heterocycles. The van der Waals surface area contributed by atoms with Crippen LogP contribution in [0.25, 0.3) is 11.4 Å². The van der Waals surface area contributed by atoms with E-state index in [2.05, 4.69) is 35.5 Å². The quantitative estimate of drug-likeness (QED) is 0.118. The Balaban J connectivity index is 1.11. The second-order valence-corrected chi connectivity index (χ2v) is 12.3. The minimum atomic E-state index is -1.03. The Bertz CT molecular complexity index is 1850. The van der Waals surface area contributed by atoms with E-state index in [-0.39, 0.29) is 19.7 Å². The average Bonchev–Trinajstić information content (AvgIpc) is 3.92. The summed E-state index contributed by atoms with van der Waals surface area (Å²) in [7, 11) is 0. The van der Waals surface area contributed by atoms with E-state index < -0.39 is 18.1 Å². The molecule has 2 N–H and O–H groups in total. The van der Waals surface area contributed by atoms with Gasteiger partial charge in [0.2, 0.25) is 0 Å². The number of thiazole rings is 2. The lowest BCUT2D eigenvalue weighted by Gasteiger charge is -2.22. The summed E-state index contributed by atoms with van der Waals surface area (Å²) < 4.78 is 8.93. The molecule has 6 rings (SSSR count). The molecule has 1 amide bonds. The number of carbonyl (C=O) groups is 2. The fraction of sp³-hybridized carbons (Fsp3) is 0.226. The number of ether oxygens (including phenoxy) is 1. The first kappa shape index (κ1) is 31.7. The van der Waals surface area contributed by atoms with Gasteiger partial charge in [0, 0.05) is 36.8 Å². The normalized spacial score (nSPS) is 11.7. The molecule has 14 nitrogen and oxygen atoms in total. The number of esters is 1. The second-order valence-electron chi connectivity index (χ2n) is 10.4. The van der Waals surface area contributed by atoms with E-state index in [1.165, 1.54) is 28.9 Å². The van der Waals surface area contributed by atoms with Gasteiger partial charge in [-0.3, -0.25) is 9.97 Å². The van der Waals surface area contributed by atoms with Crippen molar-refractivity contribution in [2.75, 3.05) is 13.1 Å². The number of aromatic nitrogens is 8. The smallest absolute Gasteiger partial charge is 0.407 e. The van der Waals surface area contributed by atoms with Crippen molar-refractivity contribution in [2.24, 2.45) is 0 Å². The predicted molar refractivity (Wildman–Crippen MR) is 173 cm³/mol. The molecule has 240 valence electrons. The average molecular weight is 671 g/mol. The lowest BCUT2D eigenvalue weighted by atomic mass is 10.0. The van der Waals surface area contributed by atoms with Crippen molar-refractivity contribution in [1.82, 2.24) is 49.7 Å². The molecule has 0 radical (unpaired) electrons. The van der Waals surface area contributed by atoms with Crippen LogP contribution in [0, 0.1) is 0 Å². The number of carbonyl (C=O) groups excluding carboxylic acids is 1. The number of nitrogens with one attached hydrogen (secondary N) is 1. The SMILES string of the molecule is O=C(OCc1cncs1)C(NCCCN(Cc1ccc(-n2cncn2)c(Cc2cncs2)c1)C(=O)O)c1ccc(-n2cncn2)cc1. The summed E-state index contributed by atoms with van der Waals surface area (Å²) in [6.45, 7) is 0.945. The van der Waals surface area contributed by atoms with Crippen LogP contribution < -0.4 is 5.32 Å². The van der Waals surface area contributed by atoms with Crippen LogP contribution in [0.1, 0.15) is 38.9 Å². The van der Waals surface area contributed by atoms with Crippen molar-refractivity contribution in [2.45, 2.75) is 32.0 Å². The van der Waals surface area contributed by atoms with E-state index in [0.717, 1.165) is 32.3 Å². The molecular formula is C31H30N10O4S2. The molecule has 16 heteroatoms. The van der Waals surface area contributed by atoms with Gasteiger partial charge in [-0.15, -0.1) is 22.7 Å². The highest BCUT2D eigenvalue weighted by atomic mass is 32.1. The summed E-state index contributed by atoms with van der Waals surface area (Å²) >= 11 is 2.96. The molecule has 0 aliphatic heterocycles. The first-order valence-electron chi connectivity index (χ1n) is 14.6. The third kappa shape index (κ3) is 8.29. The van der Waals surface area contributed by atoms with Crippen molar-refractivity contribution in [1.29, 1.82) is 0 Å². The molecule has 0 spiro atoms. The lowest BCUT2D eigenvalue weighted by Crippen LogP contribution is -2.34. The van der Waals surface area contributed by atoms with Gasteiger partial charge >= 0.3 is 12.1 Å². The maximum atomic E-state index is 13.2. The fourth-order valence-corrected chi connectivity index (χ4v) is 6.09. The number of nitrogens with zero attached hydrogens (tertiary/aromatic N) is 9. The van der Waals surface area contributed by atoms with E-state index in [0.29, 0.717) is 24.9 Å². The number of carboxylic acid groups (broad SMARTS) is 1. The van der Waals surface area contributed by atoms with Gasteiger partial charge < -0.3 is 20.1 Å². The second kappa shape index (κ2) is 15.3. The van der Waals surface area contributed by atoms with Crippen LogP contribution in [0.5, 0.6) is 0 Å². The third-order valence-electron chi connectivity index (χ3n) is 7.24. The van der Waals surface area contributed by atoms with Crippen LogP contribution >= 0.6 is 22.7 Å². The zero-order valence-corrected chi connectivity index (χ0v) is 26.6. The number of rotatable bonds is 15. The Hall–Kier alpha value is -5.32. The zero-order valence-electron chi connectivity index (χ0n) is 25.0. The highest BCUT2D eigenvalue weighted by Crippen LogP contribution is 2.23. The molecule has 1 atom stereocenters. The van der Waals surface area contributed by atoms with Crippen molar-refractivity contribution >= 4 is 34.7 Å². The van der Waals surface area contributed by atoms with E-state index in [1.807, 2.05) is 48.7 Å². The van der Waals surface area contributed by atoms with Gasteiger partial charge in [-0.2, -0.15) is 10.2 Å². The summed E-state index contributed by atoms with van der Waals surface area (Å²) in [5.41, 5.74) is 7.67. The van der Waals surface area contributed by atoms with Gasteiger partial charge in [0.25, 0.3) is 0 Å². The van der Waals surface area contributed by atoms with Crippen LogP contribution in [0.3, 0.4) is 0 Å². The summed E-state index contributed by atoms with van der Waals surface area (Å²) in [4.78, 5) is 45.1.